The summed E-state index contributed by atoms with van der Waals surface area (Å²) in [5, 5.41) is 0. The average Bonchev–Trinajstić information content (AvgIpc) is 3.12. The molecule has 1 aromatic carbocycles. The van der Waals surface area contributed by atoms with Gasteiger partial charge < -0.3 is 9.80 Å². The van der Waals surface area contributed by atoms with Crippen molar-refractivity contribution in [3.63, 3.8) is 0 Å². The first-order valence-corrected chi connectivity index (χ1v) is 13.8. The number of piperidine rings is 1. The average molecular weight is 477 g/mol. The number of carbonyl (C=O) groups excluding carboxylic acids is 2. The largest absolute Gasteiger partial charge is 0.358 e. The van der Waals surface area contributed by atoms with E-state index in [0.717, 1.165) is 70.3 Å². The first kappa shape index (κ1) is 24.0. The third-order valence-corrected chi connectivity index (χ3v) is 9.24. The monoisotopic (exact) mass is 476 g/mol. The van der Waals surface area contributed by atoms with Gasteiger partial charge in [0.15, 0.2) is 0 Å². The number of hydrogen-bond donors (Lipinski definition) is 0. The van der Waals surface area contributed by atoms with Crippen LogP contribution in [0.15, 0.2) is 23.1 Å². The zero-order valence-electron chi connectivity index (χ0n) is 19.8. The Hall–Kier alpha value is -2.13. The van der Waals surface area contributed by atoms with Crippen molar-refractivity contribution in [2.75, 3.05) is 49.1 Å². The maximum Gasteiger partial charge on any atom is 0.250 e. The Bertz CT molecular complexity index is 984. The quantitative estimate of drug-likeness (QED) is 0.631. The van der Waals surface area contributed by atoms with E-state index >= 15 is 0 Å². The van der Waals surface area contributed by atoms with Gasteiger partial charge in [0.2, 0.25) is 21.8 Å². The van der Waals surface area contributed by atoms with Gasteiger partial charge in [-0.1, -0.05) is 26.7 Å². The number of benzene rings is 1. The fourth-order valence-corrected chi connectivity index (χ4v) is 6.81. The standard InChI is InChI=1S/C24H36N4O4S/c1-3-26(4-2)33(31,32)19-12-13-20-22(17-19)28(24(30)21-11-7-10-16-27(20)21)18-23(29)25-14-8-5-6-9-15-25/h12-13,17,21H,3-11,14-16,18H2,1-2H3/t21-/m1/s1. The van der Waals surface area contributed by atoms with E-state index in [4.69, 9.17) is 0 Å². The number of likely N-dealkylation sites (tertiary alicyclic amines) is 1. The molecule has 3 heterocycles. The van der Waals surface area contributed by atoms with Gasteiger partial charge in [-0.15, -0.1) is 0 Å². The van der Waals surface area contributed by atoms with Crippen molar-refractivity contribution in [1.29, 1.82) is 0 Å². The molecule has 0 radical (unpaired) electrons. The smallest absolute Gasteiger partial charge is 0.250 e. The number of nitrogens with zero attached hydrogens (tertiary/aromatic N) is 4. The molecule has 0 aromatic heterocycles. The first-order valence-electron chi connectivity index (χ1n) is 12.4. The van der Waals surface area contributed by atoms with Crippen LogP contribution < -0.4 is 9.80 Å². The molecule has 3 aliphatic rings. The van der Waals surface area contributed by atoms with Gasteiger partial charge in [-0.3, -0.25) is 14.5 Å². The molecule has 8 nitrogen and oxygen atoms in total. The highest BCUT2D eigenvalue weighted by Crippen LogP contribution is 2.41. The summed E-state index contributed by atoms with van der Waals surface area (Å²) in [7, 11) is -3.68. The summed E-state index contributed by atoms with van der Waals surface area (Å²) in [4.78, 5) is 32.5. The van der Waals surface area contributed by atoms with Gasteiger partial charge in [0.05, 0.1) is 16.3 Å². The van der Waals surface area contributed by atoms with Gasteiger partial charge in [-0.05, 0) is 50.3 Å². The van der Waals surface area contributed by atoms with E-state index in [1.165, 1.54) is 4.31 Å². The van der Waals surface area contributed by atoms with Gasteiger partial charge in [0.25, 0.3) is 0 Å². The Balaban J connectivity index is 1.72. The Kier molecular flexibility index (Phi) is 7.28. The summed E-state index contributed by atoms with van der Waals surface area (Å²) in [5.74, 6) is -0.153. The summed E-state index contributed by atoms with van der Waals surface area (Å²) >= 11 is 0. The van der Waals surface area contributed by atoms with Crippen LogP contribution in [0.2, 0.25) is 0 Å². The van der Waals surface area contributed by atoms with Crippen LogP contribution in [0.3, 0.4) is 0 Å². The van der Waals surface area contributed by atoms with E-state index in [9.17, 15) is 18.0 Å². The summed E-state index contributed by atoms with van der Waals surface area (Å²) in [6.07, 6.45) is 6.95. The molecule has 0 saturated carbocycles. The van der Waals surface area contributed by atoms with Gasteiger partial charge in [0, 0.05) is 32.7 Å². The molecule has 2 amide bonds. The molecule has 3 aliphatic heterocycles. The molecule has 1 atom stereocenters. The molecule has 2 saturated heterocycles. The second-order valence-corrected chi connectivity index (χ2v) is 11.1. The molecule has 2 fully saturated rings. The van der Waals surface area contributed by atoms with Crippen LogP contribution in [0.4, 0.5) is 11.4 Å². The zero-order chi connectivity index (χ0) is 23.6. The van der Waals surface area contributed by atoms with Crippen molar-refractivity contribution in [3.05, 3.63) is 18.2 Å². The highest BCUT2D eigenvalue weighted by atomic mass is 32.2. The molecular formula is C24H36N4O4S. The molecule has 0 N–H and O–H groups in total. The molecule has 0 bridgehead atoms. The second-order valence-electron chi connectivity index (χ2n) is 9.16. The molecule has 0 unspecified atom stereocenters. The van der Waals surface area contributed by atoms with E-state index in [1.54, 1.807) is 17.0 Å². The summed E-state index contributed by atoms with van der Waals surface area (Å²) in [6.45, 7) is 6.55. The van der Waals surface area contributed by atoms with Gasteiger partial charge in [-0.25, -0.2) is 8.42 Å². The van der Waals surface area contributed by atoms with Crippen molar-refractivity contribution < 1.29 is 18.0 Å². The predicted molar refractivity (Wildman–Crippen MR) is 129 cm³/mol. The Morgan fingerprint density at radius 2 is 1.64 bits per heavy atom. The van der Waals surface area contributed by atoms with Crippen LogP contribution >= 0.6 is 0 Å². The summed E-state index contributed by atoms with van der Waals surface area (Å²) < 4.78 is 27.8. The van der Waals surface area contributed by atoms with Gasteiger partial charge >= 0.3 is 0 Å². The van der Waals surface area contributed by atoms with Crippen LogP contribution in [0.1, 0.15) is 58.8 Å². The number of fused-ring (bicyclic) bond motifs is 3. The molecule has 1 aromatic rings. The van der Waals surface area contributed by atoms with Crippen molar-refractivity contribution >= 4 is 33.2 Å². The number of sulfonamides is 1. The number of rotatable bonds is 6. The predicted octanol–water partition coefficient (Wildman–Crippen LogP) is 2.83. The number of anilines is 2. The van der Waals surface area contributed by atoms with Crippen molar-refractivity contribution in [2.24, 2.45) is 0 Å². The van der Waals surface area contributed by atoms with E-state index in [1.807, 2.05) is 24.8 Å². The molecular weight excluding hydrogens is 440 g/mol. The van der Waals surface area contributed by atoms with Crippen LogP contribution in [0.25, 0.3) is 0 Å². The minimum Gasteiger partial charge on any atom is -0.358 e. The fraction of sp³-hybridized carbons (Fsp3) is 0.667. The second kappa shape index (κ2) is 10.0. The van der Waals surface area contributed by atoms with Crippen molar-refractivity contribution in [1.82, 2.24) is 9.21 Å². The van der Waals surface area contributed by atoms with E-state index in [2.05, 4.69) is 4.90 Å². The number of hydrogen-bond acceptors (Lipinski definition) is 5. The molecule has 33 heavy (non-hydrogen) atoms. The third kappa shape index (κ3) is 4.62. The van der Waals surface area contributed by atoms with Crippen LogP contribution in [-0.4, -0.2) is 74.7 Å². The molecule has 0 aliphatic carbocycles. The van der Waals surface area contributed by atoms with Crippen molar-refractivity contribution in [3.8, 4) is 0 Å². The maximum absolute atomic E-state index is 13.6. The molecule has 4 rings (SSSR count). The molecule has 0 spiro atoms. The third-order valence-electron chi connectivity index (χ3n) is 7.20. The lowest BCUT2D eigenvalue weighted by Crippen LogP contribution is -2.57. The minimum atomic E-state index is -3.68. The number of carbonyl (C=O) groups is 2. The lowest BCUT2D eigenvalue weighted by Gasteiger charge is -2.45. The SMILES string of the molecule is CCN(CC)S(=O)(=O)c1ccc2c(c1)N(CC(=O)N1CCCCCC1)C(=O)[C@H]1CCCCN21. The van der Waals surface area contributed by atoms with E-state index < -0.39 is 10.0 Å². The Morgan fingerprint density at radius 3 is 2.30 bits per heavy atom. The van der Waals surface area contributed by atoms with Gasteiger partial charge in [0.1, 0.15) is 12.6 Å². The topological polar surface area (TPSA) is 81.2 Å². The van der Waals surface area contributed by atoms with E-state index in [-0.39, 0.29) is 29.3 Å². The van der Waals surface area contributed by atoms with Crippen LogP contribution in [0.5, 0.6) is 0 Å². The zero-order valence-corrected chi connectivity index (χ0v) is 20.6. The molecule has 182 valence electrons. The summed E-state index contributed by atoms with van der Waals surface area (Å²) in [6, 6.07) is 4.78. The lowest BCUT2D eigenvalue weighted by atomic mass is 9.96. The minimum absolute atomic E-state index is 0.0368. The number of amides is 2. The fourth-order valence-electron chi connectivity index (χ4n) is 5.33. The maximum atomic E-state index is 13.6. The lowest BCUT2D eigenvalue weighted by molar-refractivity contribution is -0.131. The highest BCUT2D eigenvalue weighted by Gasteiger charge is 2.41. The van der Waals surface area contributed by atoms with Crippen LogP contribution in [0, 0.1) is 0 Å². The Labute approximate surface area is 197 Å². The first-order chi connectivity index (χ1) is 15.9. The van der Waals surface area contributed by atoms with Crippen molar-refractivity contribution in [2.45, 2.75) is 69.7 Å². The highest BCUT2D eigenvalue weighted by molar-refractivity contribution is 7.89. The van der Waals surface area contributed by atoms with E-state index in [0.29, 0.717) is 18.8 Å². The van der Waals surface area contributed by atoms with Crippen LogP contribution in [-0.2, 0) is 19.6 Å². The van der Waals surface area contributed by atoms with Gasteiger partial charge in [-0.2, -0.15) is 4.31 Å². The Morgan fingerprint density at radius 1 is 0.970 bits per heavy atom. The normalized spacial score (nSPS) is 21.6. The molecule has 9 heteroatoms. The summed E-state index contributed by atoms with van der Waals surface area (Å²) in [5.41, 5.74) is 1.39.